The highest BCUT2D eigenvalue weighted by atomic mass is 16.6. The second-order valence-corrected chi connectivity index (χ2v) is 8.41. The molecule has 0 heterocycles. The van der Waals surface area contributed by atoms with E-state index in [1.54, 1.807) is 6.08 Å². The van der Waals surface area contributed by atoms with Crippen molar-refractivity contribution in [2.45, 2.75) is 96.8 Å². The van der Waals surface area contributed by atoms with Crippen molar-refractivity contribution in [3.63, 3.8) is 0 Å². The van der Waals surface area contributed by atoms with Crippen LogP contribution in [0, 0.1) is 0 Å². The zero-order chi connectivity index (χ0) is 23.2. The average Bonchev–Trinajstić information content (AvgIpc) is 2.81. The van der Waals surface area contributed by atoms with Gasteiger partial charge in [0.1, 0.15) is 0 Å². The van der Waals surface area contributed by atoms with E-state index in [0.717, 1.165) is 6.61 Å². The first-order valence-electron chi connectivity index (χ1n) is 13.4. The Hall–Kier alpha value is -0.460. The minimum atomic E-state index is 0.570. The molecule has 0 aromatic carbocycles. The average molecular weight is 459 g/mol. The van der Waals surface area contributed by atoms with Gasteiger partial charge in [0.2, 0.25) is 0 Å². The summed E-state index contributed by atoms with van der Waals surface area (Å²) in [5.41, 5.74) is 0. The Balaban J connectivity index is 2.99. The Morgan fingerprint density at radius 1 is 0.406 bits per heavy atom. The smallest absolute Gasteiger partial charge is 0.0704 e. The molecule has 0 aliphatic carbocycles. The van der Waals surface area contributed by atoms with E-state index in [4.69, 9.17) is 23.7 Å². The highest BCUT2D eigenvalue weighted by Gasteiger charge is 1.96. The van der Waals surface area contributed by atoms with Gasteiger partial charge in [0.15, 0.2) is 0 Å². The van der Waals surface area contributed by atoms with E-state index in [9.17, 15) is 0 Å². The summed E-state index contributed by atoms with van der Waals surface area (Å²) in [6.45, 7) is 12.1. The molecule has 0 N–H and O–H groups in total. The summed E-state index contributed by atoms with van der Waals surface area (Å²) >= 11 is 0. The molecular weight excluding hydrogens is 404 g/mol. The molecule has 5 heteroatoms. The topological polar surface area (TPSA) is 46.2 Å². The van der Waals surface area contributed by atoms with Gasteiger partial charge in [0.05, 0.1) is 59.5 Å². The molecule has 32 heavy (non-hydrogen) atoms. The zero-order valence-corrected chi connectivity index (χ0v) is 21.3. The molecule has 0 atom stereocenters. The fraction of sp³-hybridized carbons (Fsp3) is 0.926. The third kappa shape index (κ3) is 29.5. The van der Waals surface area contributed by atoms with E-state index >= 15 is 0 Å². The summed E-state index contributed by atoms with van der Waals surface area (Å²) in [5, 5.41) is 0. The predicted molar refractivity (Wildman–Crippen MR) is 135 cm³/mol. The summed E-state index contributed by atoms with van der Waals surface area (Å²) in [7, 11) is 0. The van der Waals surface area contributed by atoms with Gasteiger partial charge in [-0.05, 0) is 6.42 Å². The fourth-order valence-corrected chi connectivity index (χ4v) is 3.44. The monoisotopic (exact) mass is 458 g/mol. The van der Waals surface area contributed by atoms with Gasteiger partial charge in [-0.2, -0.15) is 0 Å². The van der Waals surface area contributed by atoms with Crippen LogP contribution < -0.4 is 0 Å². The molecule has 192 valence electrons. The Kier molecular flexibility index (Phi) is 30.1. The van der Waals surface area contributed by atoms with Gasteiger partial charge in [0, 0.05) is 6.61 Å². The molecular formula is C27H54O5. The molecule has 0 radical (unpaired) electrons. The zero-order valence-electron chi connectivity index (χ0n) is 21.3. The van der Waals surface area contributed by atoms with Gasteiger partial charge in [-0.25, -0.2) is 0 Å². The second kappa shape index (κ2) is 30.5. The first kappa shape index (κ1) is 31.5. The molecule has 0 amide bonds. The number of rotatable bonds is 29. The molecule has 0 aliphatic rings. The summed E-state index contributed by atoms with van der Waals surface area (Å²) in [4.78, 5) is 0. The highest BCUT2D eigenvalue weighted by Crippen LogP contribution is 2.12. The van der Waals surface area contributed by atoms with Crippen LogP contribution in [0.4, 0.5) is 0 Å². The standard InChI is InChI=1S/C27H54O5/c1-3-5-6-7-8-9-10-11-12-13-14-15-16-17-19-29-21-23-31-25-27-32-26-24-30-22-20-28-18-4-2/h4H,2-3,5-27H2,1H3. The van der Waals surface area contributed by atoms with Gasteiger partial charge in [-0.3, -0.25) is 0 Å². The predicted octanol–water partition coefficient (Wildman–Crippen LogP) is 6.74. The fourth-order valence-electron chi connectivity index (χ4n) is 3.44. The van der Waals surface area contributed by atoms with E-state index in [0.29, 0.717) is 59.5 Å². The van der Waals surface area contributed by atoms with E-state index in [-0.39, 0.29) is 0 Å². The quantitative estimate of drug-likeness (QED) is 0.0917. The van der Waals surface area contributed by atoms with Crippen LogP contribution in [0.3, 0.4) is 0 Å². The van der Waals surface area contributed by atoms with E-state index in [2.05, 4.69) is 13.5 Å². The van der Waals surface area contributed by atoms with Crippen LogP contribution in [0.15, 0.2) is 12.7 Å². The second-order valence-electron chi connectivity index (χ2n) is 8.41. The third-order valence-corrected chi connectivity index (χ3v) is 5.37. The Morgan fingerprint density at radius 3 is 1.09 bits per heavy atom. The Bertz CT molecular complexity index is 338. The van der Waals surface area contributed by atoms with Crippen molar-refractivity contribution in [3.8, 4) is 0 Å². The van der Waals surface area contributed by atoms with Crippen LogP contribution in [0.5, 0.6) is 0 Å². The van der Waals surface area contributed by atoms with E-state index < -0.39 is 0 Å². The normalized spacial score (nSPS) is 11.3. The number of unbranched alkanes of at least 4 members (excludes halogenated alkanes) is 13. The van der Waals surface area contributed by atoms with Crippen molar-refractivity contribution in [1.29, 1.82) is 0 Å². The van der Waals surface area contributed by atoms with Crippen LogP contribution in [-0.2, 0) is 23.7 Å². The van der Waals surface area contributed by atoms with Crippen LogP contribution in [-0.4, -0.2) is 66.1 Å². The maximum absolute atomic E-state index is 5.64. The SMILES string of the molecule is C=CCOCCOCCOCCOCCOCCCCCCCCCCCCCCCC. The number of ether oxygens (including phenoxy) is 5. The minimum absolute atomic E-state index is 0.570. The molecule has 0 aromatic heterocycles. The number of hydrogen-bond acceptors (Lipinski definition) is 5. The van der Waals surface area contributed by atoms with E-state index in [1.807, 2.05) is 0 Å². The summed E-state index contributed by atoms with van der Waals surface area (Å²) in [6, 6.07) is 0. The lowest BCUT2D eigenvalue weighted by molar-refractivity contribution is -0.00958. The van der Waals surface area contributed by atoms with Gasteiger partial charge >= 0.3 is 0 Å². The highest BCUT2D eigenvalue weighted by molar-refractivity contribution is 4.63. The molecule has 0 rings (SSSR count). The largest absolute Gasteiger partial charge is 0.379 e. The lowest BCUT2D eigenvalue weighted by Crippen LogP contribution is -2.13. The maximum atomic E-state index is 5.64. The lowest BCUT2D eigenvalue weighted by atomic mass is 10.0. The molecule has 0 saturated heterocycles. The van der Waals surface area contributed by atoms with Crippen molar-refractivity contribution >= 4 is 0 Å². The molecule has 0 aromatic rings. The molecule has 0 aliphatic heterocycles. The van der Waals surface area contributed by atoms with Gasteiger partial charge < -0.3 is 23.7 Å². The van der Waals surface area contributed by atoms with Crippen LogP contribution in [0.1, 0.15) is 96.8 Å². The molecule has 0 fully saturated rings. The number of hydrogen-bond donors (Lipinski definition) is 0. The summed E-state index contributed by atoms with van der Waals surface area (Å²) in [5.74, 6) is 0. The molecule has 0 unspecified atom stereocenters. The van der Waals surface area contributed by atoms with Crippen LogP contribution in [0.25, 0.3) is 0 Å². The first-order valence-corrected chi connectivity index (χ1v) is 13.4. The molecule has 0 bridgehead atoms. The van der Waals surface area contributed by atoms with Crippen molar-refractivity contribution in [2.75, 3.05) is 66.1 Å². The molecule has 0 saturated carbocycles. The van der Waals surface area contributed by atoms with Gasteiger partial charge in [-0.15, -0.1) is 6.58 Å². The van der Waals surface area contributed by atoms with Crippen LogP contribution >= 0.6 is 0 Å². The van der Waals surface area contributed by atoms with Crippen molar-refractivity contribution in [1.82, 2.24) is 0 Å². The minimum Gasteiger partial charge on any atom is -0.379 e. The third-order valence-electron chi connectivity index (χ3n) is 5.37. The van der Waals surface area contributed by atoms with Crippen molar-refractivity contribution in [2.24, 2.45) is 0 Å². The molecule has 0 spiro atoms. The first-order chi connectivity index (χ1) is 15.9. The van der Waals surface area contributed by atoms with E-state index in [1.165, 1.54) is 89.9 Å². The van der Waals surface area contributed by atoms with Crippen molar-refractivity contribution in [3.05, 3.63) is 12.7 Å². The van der Waals surface area contributed by atoms with Gasteiger partial charge in [-0.1, -0.05) is 96.5 Å². The van der Waals surface area contributed by atoms with Crippen molar-refractivity contribution < 1.29 is 23.7 Å². The maximum Gasteiger partial charge on any atom is 0.0704 e. The van der Waals surface area contributed by atoms with Gasteiger partial charge in [0.25, 0.3) is 0 Å². The Morgan fingerprint density at radius 2 is 0.719 bits per heavy atom. The summed E-state index contributed by atoms with van der Waals surface area (Å²) in [6.07, 6.45) is 21.2. The lowest BCUT2D eigenvalue weighted by Gasteiger charge is -2.07. The Labute approximate surface area is 199 Å². The van der Waals surface area contributed by atoms with Crippen LogP contribution in [0.2, 0.25) is 0 Å². The summed E-state index contributed by atoms with van der Waals surface area (Å²) < 4.78 is 27.2. The molecule has 5 nitrogen and oxygen atoms in total.